The van der Waals surface area contributed by atoms with E-state index < -0.39 is 11.6 Å². The second-order valence-corrected chi connectivity index (χ2v) is 7.23. The Labute approximate surface area is 159 Å². The van der Waals surface area contributed by atoms with Crippen LogP contribution in [0.4, 0.5) is 0 Å². The van der Waals surface area contributed by atoms with E-state index in [4.69, 9.17) is 4.74 Å². The zero-order valence-electron chi connectivity index (χ0n) is 15.9. The van der Waals surface area contributed by atoms with E-state index >= 15 is 0 Å². The average Bonchev–Trinajstić information content (AvgIpc) is 2.89. The first-order valence-electron chi connectivity index (χ1n) is 9.45. The SMILES string of the molecule is CC(=O)N1CCC2(CC1)OC(=O)C(C)=C2C(=O)NCCCc1ccccc1. The number of esters is 1. The van der Waals surface area contributed by atoms with Gasteiger partial charge in [0.2, 0.25) is 5.91 Å². The predicted molar refractivity (Wildman–Crippen MR) is 101 cm³/mol. The number of likely N-dealkylation sites (tertiary alicyclic amines) is 1. The monoisotopic (exact) mass is 370 g/mol. The topological polar surface area (TPSA) is 75.7 Å². The van der Waals surface area contributed by atoms with Crippen LogP contribution in [0.3, 0.4) is 0 Å². The third-order valence-electron chi connectivity index (χ3n) is 5.44. The Kier molecular flexibility index (Phi) is 5.63. The minimum absolute atomic E-state index is 0.00166. The van der Waals surface area contributed by atoms with E-state index in [9.17, 15) is 14.4 Å². The standard InChI is InChI=1S/C21H26N2O4/c1-15-18(19(25)22-12-6-9-17-7-4-3-5-8-17)21(27-20(15)26)10-13-23(14-11-21)16(2)24/h3-5,7-8H,6,9-14H2,1-2H3,(H,22,25). The molecule has 6 nitrogen and oxygen atoms in total. The van der Waals surface area contributed by atoms with Crippen molar-refractivity contribution in [2.45, 2.75) is 45.1 Å². The van der Waals surface area contributed by atoms with E-state index in [1.165, 1.54) is 12.5 Å². The number of carbonyl (C=O) groups excluding carboxylic acids is 3. The number of ether oxygens (including phenoxy) is 1. The highest BCUT2D eigenvalue weighted by atomic mass is 16.6. The minimum atomic E-state index is -0.892. The number of hydrogen-bond acceptors (Lipinski definition) is 4. The van der Waals surface area contributed by atoms with Gasteiger partial charge in [0, 0.05) is 45.0 Å². The first-order valence-corrected chi connectivity index (χ1v) is 9.45. The summed E-state index contributed by atoms with van der Waals surface area (Å²) >= 11 is 0. The third-order valence-corrected chi connectivity index (χ3v) is 5.44. The predicted octanol–water partition coefficient (Wildman–Crippen LogP) is 1.99. The molecule has 0 radical (unpaired) electrons. The molecule has 1 aromatic carbocycles. The third kappa shape index (κ3) is 4.04. The van der Waals surface area contributed by atoms with Crippen LogP contribution in [0.1, 0.15) is 38.7 Å². The Morgan fingerprint density at radius 1 is 1.19 bits per heavy atom. The van der Waals surface area contributed by atoms with Crippen molar-refractivity contribution >= 4 is 17.8 Å². The number of nitrogens with zero attached hydrogens (tertiary/aromatic N) is 1. The number of piperidine rings is 1. The van der Waals surface area contributed by atoms with Crippen LogP contribution < -0.4 is 5.32 Å². The zero-order valence-corrected chi connectivity index (χ0v) is 15.9. The first kappa shape index (κ1) is 19.1. The Bertz CT molecular complexity index is 762. The molecule has 2 amide bonds. The van der Waals surface area contributed by atoms with E-state index in [0.717, 1.165) is 12.8 Å². The fourth-order valence-electron chi connectivity index (χ4n) is 3.89. The van der Waals surface area contributed by atoms with Crippen molar-refractivity contribution in [1.82, 2.24) is 10.2 Å². The highest BCUT2D eigenvalue weighted by molar-refractivity contribution is 6.07. The summed E-state index contributed by atoms with van der Waals surface area (Å²) in [6.45, 7) is 4.68. The number of carbonyl (C=O) groups is 3. The van der Waals surface area contributed by atoms with Gasteiger partial charge in [-0.15, -0.1) is 0 Å². The fraction of sp³-hybridized carbons (Fsp3) is 0.476. The normalized spacial score (nSPS) is 18.6. The molecule has 0 atom stereocenters. The second-order valence-electron chi connectivity index (χ2n) is 7.23. The molecule has 1 N–H and O–H groups in total. The van der Waals surface area contributed by atoms with Gasteiger partial charge in [-0.25, -0.2) is 4.79 Å². The molecule has 0 aromatic heterocycles. The van der Waals surface area contributed by atoms with Crippen LogP contribution in [0.25, 0.3) is 0 Å². The summed E-state index contributed by atoms with van der Waals surface area (Å²) in [4.78, 5) is 38.3. The summed E-state index contributed by atoms with van der Waals surface area (Å²) in [7, 11) is 0. The number of hydrogen-bond donors (Lipinski definition) is 1. The van der Waals surface area contributed by atoms with Gasteiger partial charge in [0.25, 0.3) is 5.91 Å². The number of aryl methyl sites for hydroxylation is 1. The highest BCUT2D eigenvalue weighted by Gasteiger charge is 2.50. The number of amides is 2. The molecular weight excluding hydrogens is 344 g/mol. The smallest absolute Gasteiger partial charge is 0.335 e. The Balaban J connectivity index is 1.61. The summed E-state index contributed by atoms with van der Waals surface area (Å²) < 4.78 is 5.63. The van der Waals surface area contributed by atoms with Gasteiger partial charge in [0.1, 0.15) is 5.60 Å². The van der Waals surface area contributed by atoms with Crippen LogP contribution in [0.5, 0.6) is 0 Å². The second kappa shape index (κ2) is 7.94. The van der Waals surface area contributed by atoms with E-state index in [0.29, 0.717) is 43.6 Å². The van der Waals surface area contributed by atoms with Gasteiger partial charge in [0.05, 0.1) is 5.57 Å². The summed E-state index contributed by atoms with van der Waals surface area (Å²) in [6.07, 6.45) is 2.63. The van der Waals surface area contributed by atoms with Crippen molar-refractivity contribution in [2.75, 3.05) is 19.6 Å². The van der Waals surface area contributed by atoms with Gasteiger partial charge in [-0.3, -0.25) is 9.59 Å². The Morgan fingerprint density at radius 2 is 1.85 bits per heavy atom. The molecule has 144 valence electrons. The molecule has 0 bridgehead atoms. The molecule has 1 spiro atoms. The molecule has 6 heteroatoms. The van der Waals surface area contributed by atoms with Crippen molar-refractivity contribution < 1.29 is 19.1 Å². The minimum Gasteiger partial charge on any atom is -0.450 e. The van der Waals surface area contributed by atoms with E-state index in [2.05, 4.69) is 17.4 Å². The van der Waals surface area contributed by atoms with Crippen molar-refractivity contribution in [3.63, 3.8) is 0 Å². The van der Waals surface area contributed by atoms with Crippen molar-refractivity contribution in [1.29, 1.82) is 0 Å². The maximum atomic E-state index is 12.8. The van der Waals surface area contributed by atoms with Crippen LogP contribution in [0.2, 0.25) is 0 Å². The van der Waals surface area contributed by atoms with E-state index in [1.807, 2.05) is 18.2 Å². The lowest BCUT2D eigenvalue weighted by Crippen LogP contribution is -2.49. The molecule has 0 unspecified atom stereocenters. The van der Waals surface area contributed by atoms with E-state index in [-0.39, 0.29) is 11.8 Å². The molecule has 0 aliphatic carbocycles. The highest BCUT2D eigenvalue weighted by Crippen LogP contribution is 2.41. The Hall–Kier alpha value is -2.63. The van der Waals surface area contributed by atoms with Gasteiger partial charge in [0.15, 0.2) is 0 Å². The zero-order chi connectivity index (χ0) is 19.4. The average molecular weight is 370 g/mol. The summed E-state index contributed by atoms with van der Waals surface area (Å²) in [5.41, 5.74) is 1.16. The first-order chi connectivity index (χ1) is 12.9. The maximum absolute atomic E-state index is 12.8. The van der Waals surface area contributed by atoms with Gasteiger partial charge < -0.3 is 15.0 Å². The van der Waals surface area contributed by atoms with Crippen molar-refractivity contribution in [3.8, 4) is 0 Å². The number of benzene rings is 1. The van der Waals surface area contributed by atoms with Crippen molar-refractivity contribution in [3.05, 3.63) is 47.0 Å². The maximum Gasteiger partial charge on any atom is 0.335 e. The van der Waals surface area contributed by atoms with Crippen molar-refractivity contribution in [2.24, 2.45) is 0 Å². The van der Waals surface area contributed by atoms with Gasteiger partial charge in [-0.2, -0.15) is 0 Å². The molecule has 2 aliphatic heterocycles. The van der Waals surface area contributed by atoms with Gasteiger partial charge in [-0.1, -0.05) is 30.3 Å². The lowest BCUT2D eigenvalue weighted by Gasteiger charge is -2.39. The summed E-state index contributed by atoms with van der Waals surface area (Å²) in [5, 5.41) is 2.94. The summed E-state index contributed by atoms with van der Waals surface area (Å²) in [6, 6.07) is 10.1. The van der Waals surface area contributed by atoms with Crippen LogP contribution in [0, 0.1) is 0 Å². The fourth-order valence-corrected chi connectivity index (χ4v) is 3.89. The lowest BCUT2D eigenvalue weighted by molar-refractivity contribution is -0.152. The van der Waals surface area contributed by atoms with Crippen LogP contribution >= 0.6 is 0 Å². The molecule has 1 aromatic rings. The number of rotatable bonds is 5. The largest absolute Gasteiger partial charge is 0.450 e. The quantitative estimate of drug-likeness (QED) is 0.635. The van der Waals surface area contributed by atoms with Crippen LogP contribution in [0.15, 0.2) is 41.5 Å². The van der Waals surface area contributed by atoms with Gasteiger partial charge >= 0.3 is 5.97 Å². The molecule has 1 fully saturated rings. The lowest BCUT2D eigenvalue weighted by atomic mass is 9.82. The number of nitrogens with one attached hydrogen (secondary N) is 1. The molecular formula is C21H26N2O4. The summed E-state index contributed by atoms with van der Waals surface area (Å²) in [5.74, 6) is -0.662. The molecule has 3 rings (SSSR count). The molecule has 1 saturated heterocycles. The van der Waals surface area contributed by atoms with Gasteiger partial charge in [-0.05, 0) is 25.3 Å². The molecule has 0 saturated carbocycles. The van der Waals surface area contributed by atoms with Crippen LogP contribution in [-0.2, 0) is 25.5 Å². The Morgan fingerprint density at radius 3 is 2.48 bits per heavy atom. The van der Waals surface area contributed by atoms with E-state index in [1.54, 1.807) is 11.8 Å². The molecule has 2 aliphatic rings. The molecule has 2 heterocycles. The molecule has 27 heavy (non-hydrogen) atoms. The van der Waals surface area contributed by atoms with Crippen LogP contribution in [-0.4, -0.2) is 47.9 Å².